The second-order valence-electron chi connectivity index (χ2n) is 24.3. The number of rotatable bonds is 16. The Morgan fingerprint density at radius 2 is 0.685 bits per heavy atom. The molecule has 10 rings (SSSR count). The van der Waals surface area contributed by atoms with Gasteiger partial charge >= 0.3 is 67.6 Å². The van der Waals surface area contributed by atoms with E-state index < -0.39 is 61.6 Å². The first kappa shape index (κ1) is 56.9. The lowest BCUT2D eigenvalue weighted by molar-refractivity contribution is -0.139. The Kier molecular flexibility index (Phi) is 19.6. The molecular formula is C51H94O14SSi7. The van der Waals surface area contributed by atoms with Gasteiger partial charge in [0.05, 0.1) is 6.61 Å². The van der Waals surface area contributed by atoms with Gasteiger partial charge < -0.3 is 54.5 Å². The van der Waals surface area contributed by atoms with Crippen molar-refractivity contribution >= 4 is 80.5 Å². The summed E-state index contributed by atoms with van der Waals surface area (Å²) in [6.45, 7) is 6.14. The number of thiol groups is 1. The Bertz CT molecular complexity index is 1740. The molecule has 3 heterocycles. The molecule has 7 aliphatic carbocycles. The highest BCUT2D eigenvalue weighted by Gasteiger charge is 2.83. The van der Waals surface area contributed by atoms with Gasteiger partial charge in [0.1, 0.15) is 0 Å². The normalized spacial score (nSPS) is 40.0. The maximum Gasteiger partial charge on any atom is 0.500 e. The van der Waals surface area contributed by atoms with Gasteiger partial charge in [0.2, 0.25) is 0 Å². The van der Waals surface area contributed by atoms with E-state index in [2.05, 4.69) is 6.58 Å². The molecule has 7 atom stereocenters. The second kappa shape index (κ2) is 25.2. The molecular weight excluding hydrogens is 1070 g/mol. The van der Waals surface area contributed by atoms with Crippen LogP contribution in [0.15, 0.2) is 12.2 Å². The minimum absolute atomic E-state index is 0.000939. The summed E-state index contributed by atoms with van der Waals surface area (Å²) in [7, 11) is -26.8. The van der Waals surface area contributed by atoms with E-state index in [1.807, 2.05) is 7.11 Å². The molecule has 3 aliphatic heterocycles. The smallest absolute Gasteiger partial charge is 0.462 e. The number of esters is 1. The van der Waals surface area contributed by atoms with Crippen molar-refractivity contribution in [1.82, 2.24) is 0 Å². The zero-order chi connectivity index (χ0) is 50.5. The highest BCUT2D eigenvalue weighted by Crippen LogP contribution is 2.62. The number of ether oxygens (including phenoxy) is 1. The van der Waals surface area contributed by atoms with Crippen molar-refractivity contribution in [3.63, 3.8) is 0 Å². The predicted molar refractivity (Wildman–Crippen MR) is 296 cm³/mol. The van der Waals surface area contributed by atoms with Gasteiger partial charge in [-0.05, 0) is 123 Å². The van der Waals surface area contributed by atoms with E-state index in [1.54, 1.807) is 6.92 Å². The predicted octanol–water partition coefficient (Wildman–Crippen LogP) is 14.5. The van der Waals surface area contributed by atoms with E-state index in [9.17, 15) is 4.79 Å². The van der Waals surface area contributed by atoms with E-state index in [-0.39, 0.29) is 51.4 Å². The fourth-order valence-corrected chi connectivity index (χ4v) is 60.9. The van der Waals surface area contributed by atoms with E-state index in [0.717, 1.165) is 205 Å². The van der Waals surface area contributed by atoms with E-state index >= 15 is 0 Å². The van der Waals surface area contributed by atoms with Gasteiger partial charge in [-0.25, -0.2) is 4.79 Å². The molecule has 73 heavy (non-hydrogen) atoms. The van der Waals surface area contributed by atoms with E-state index in [1.165, 1.54) is 19.3 Å². The summed E-state index contributed by atoms with van der Waals surface area (Å²) in [5.41, 5.74) is 0.118. The second-order valence-corrected chi connectivity index (χ2v) is 47.2. The maximum atomic E-state index is 12.5. The van der Waals surface area contributed by atoms with Crippen LogP contribution in [-0.2, 0) is 59.3 Å². The lowest BCUT2D eigenvalue weighted by atomic mass is 10.0. The molecule has 416 valence electrons. The van der Waals surface area contributed by atoms with Crippen LogP contribution in [-0.4, -0.2) is 87.9 Å². The SMILES string of the molecule is C=C(C)C(=O)OCCCCO[Si]1(C2CCCCC2)O[Si]2(C3CCCCC3)O[Si](OC)(C3CCCCC3)O[Si]3(C4CCCCC4)O[Si](OS)(C4CCCCC4)O[Si](C4CCCCC4)(O1)O[Si](C1CCCCC1)(O3)O2. The molecule has 0 spiro atoms. The van der Waals surface area contributed by atoms with E-state index in [4.69, 9.17) is 67.4 Å². The maximum absolute atomic E-state index is 12.5. The van der Waals surface area contributed by atoms with Crippen molar-refractivity contribution in [3.05, 3.63) is 12.2 Å². The van der Waals surface area contributed by atoms with Crippen LogP contribution in [0.25, 0.3) is 0 Å². The molecule has 0 amide bonds. The molecule has 0 aromatic rings. The van der Waals surface area contributed by atoms with Crippen molar-refractivity contribution in [2.45, 2.75) is 283 Å². The first-order valence-corrected chi connectivity index (χ1v) is 43.2. The van der Waals surface area contributed by atoms with Gasteiger partial charge in [0.25, 0.3) is 0 Å². The molecule has 4 bridgehead atoms. The number of hydrogen-bond donors (Lipinski definition) is 1. The monoisotopic (exact) mass is 1160 g/mol. The minimum atomic E-state index is -4.18. The van der Waals surface area contributed by atoms with Crippen LogP contribution in [0.4, 0.5) is 0 Å². The van der Waals surface area contributed by atoms with Gasteiger partial charge in [0, 0.05) is 58.1 Å². The Morgan fingerprint density at radius 3 is 1.01 bits per heavy atom. The molecule has 0 aromatic heterocycles. The Hall–Kier alpha value is 0.598. The van der Waals surface area contributed by atoms with Crippen LogP contribution in [0.1, 0.15) is 244 Å². The topological polar surface area (TPSA) is 137 Å². The summed E-state index contributed by atoms with van der Waals surface area (Å²) < 4.78 is 105. The summed E-state index contributed by atoms with van der Waals surface area (Å²) in [5, 5.41) is 0. The molecule has 0 aromatic carbocycles. The Balaban J connectivity index is 1.24. The van der Waals surface area contributed by atoms with Gasteiger partial charge in [-0.3, -0.25) is 0 Å². The average Bonchev–Trinajstić information content (AvgIpc) is 3.43. The van der Waals surface area contributed by atoms with Crippen LogP contribution in [0.5, 0.6) is 0 Å². The largest absolute Gasteiger partial charge is 0.500 e. The summed E-state index contributed by atoms with van der Waals surface area (Å²) in [6.07, 6.45) is 37.0. The highest BCUT2D eigenvalue weighted by molar-refractivity contribution is 7.76. The van der Waals surface area contributed by atoms with Crippen molar-refractivity contribution in [2.24, 2.45) is 0 Å². The molecule has 10 fully saturated rings. The third-order valence-electron chi connectivity index (χ3n) is 19.1. The van der Waals surface area contributed by atoms with Crippen LogP contribution < -0.4 is 0 Å². The van der Waals surface area contributed by atoms with Crippen molar-refractivity contribution in [1.29, 1.82) is 0 Å². The molecule has 7 unspecified atom stereocenters. The number of hydrogen-bond acceptors (Lipinski definition) is 15. The minimum Gasteiger partial charge on any atom is -0.462 e. The van der Waals surface area contributed by atoms with Gasteiger partial charge in [-0.1, -0.05) is 141 Å². The first-order chi connectivity index (χ1) is 35.5. The molecule has 7 saturated carbocycles. The summed E-state index contributed by atoms with van der Waals surface area (Å²) >= 11 is 5.04. The lowest BCUT2D eigenvalue weighted by Gasteiger charge is -2.63. The highest BCUT2D eigenvalue weighted by atomic mass is 32.1. The quantitative estimate of drug-likeness (QED) is 0.0392. The third kappa shape index (κ3) is 12.1. The number of fused-ring (bicyclic) bond motifs is 3. The third-order valence-corrected chi connectivity index (χ3v) is 52.9. The zero-order valence-electron chi connectivity index (χ0n) is 45.0. The lowest BCUT2D eigenvalue weighted by Crippen LogP contribution is -2.86. The molecule has 22 heteroatoms. The van der Waals surface area contributed by atoms with Crippen LogP contribution >= 0.6 is 12.9 Å². The van der Waals surface area contributed by atoms with Crippen LogP contribution in [0.2, 0.25) is 38.8 Å². The zero-order valence-corrected chi connectivity index (χ0v) is 52.9. The molecule has 0 radical (unpaired) electrons. The Morgan fingerprint density at radius 1 is 0.411 bits per heavy atom. The Labute approximate surface area is 452 Å². The summed E-state index contributed by atoms with van der Waals surface area (Å²) in [6, 6.07) is 0. The average molecular weight is 1160 g/mol. The molecule has 3 saturated heterocycles. The van der Waals surface area contributed by atoms with Crippen molar-refractivity contribution < 1.29 is 59.3 Å². The fourth-order valence-electron chi connectivity index (χ4n) is 15.0. The standard InChI is InChI=1S/C51H94O14SSi7/c1-43(2)51(52)54-41-25-26-42-55-68(45-29-13-5-14-30-45)59-70(47-33-17-7-18-34-47)57-67(53-3,44-27-11-4-12-28-44)58-71(48-35-19-8-20-36-48)61-69(56-66,46-31-15-6-16-32-46)62-72(60-68,49-37-21-9-22-38-49)65-73(63-70,64-71)50-39-23-10-24-40-50/h44-50,66H,1,4-42H2,2-3H3. The molecule has 14 nitrogen and oxygen atoms in total. The number of carbonyl (C=O) groups excluding carboxylic acids is 1. The van der Waals surface area contributed by atoms with Crippen LogP contribution in [0, 0.1) is 0 Å². The van der Waals surface area contributed by atoms with Gasteiger partial charge in [0.15, 0.2) is 0 Å². The number of unbranched alkanes of at least 4 members (excludes halogenated alkanes) is 1. The van der Waals surface area contributed by atoms with Crippen LogP contribution in [0.3, 0.4) is 0 Å². The van der Waals surface area contributed by atoms with Crippen molar-refractivity contribution in [3.8, 4) is 0 Å². The van der Waals surface area contributed by atoms with Gasteiger partial charge in [-0.15, -0.1) is 0 Å². The van der Waals surface area contributed by atoms with Crippen molar-refractivity contribution in [2.75, 3.05) is 20.3 Å². The number of carbonyl (C=O) groups is 1. The fraction of sp³-hybridized carbons (Fsp3) is 0.941. The summed E-state index contributed by atoms with van der Waals surface area (Å²) in [5.74, 6) is -0.368. The molecule has 10 aliphatic rings. The van der Waals surface area contributed by atoms with E-state index in [0.29, 0.717) is 25.0 Å². The summed E-state index contributed by atoms with van der Waals surface area (Å²) in [4.78, 5) is 12.5. The molecule has 0 N–H and O–H groups in total. The first-order valence-electron chi connectivity index (χ1n) is 30.2. The van der Waals surface area contributed by atoms with Gasteiger partial charge in [-0.2, -0.15) is 0 Å².